The van der Waals surface area contributed by atoms with E-state index in [1.165, 1.54) is 33.4 Å². The van der Waals surface area contributed by atoms with Crippen LogP contribution in [0, 0.1) is 0 Å². The fourth-order valence-corrected chi connectivity index (χ4v) is 2.56. The molecule has 0 amide bonds. The van der Waals surface area contributed by atoms with Crippen LogP contribution in [0.1, 0.15) is 45.2 Å². The van der Waals surface area contributed by atoms with Gasteiger partial charge in [-0.15, -0.1) is 0 Å². The van der Waals surface area contributed by atoms with Gasteiger partial charge >= 0.3 is 0 Å². The molecule has 1 aliphatic rings. The first-order valence-corrected chi connectivity index (χ1v) is 6.74. The van der Waals surface area contributed by atoms with Gasteiger partial charge in [-0.05, 0) is 73.6 Å². The van der Waals surface area contributed by atoms with Crippen LogP contribution < -0.4 is 0 Å². The molecular weight excluding hydrogens is 228 g/mol. The zero-order valence-electron chi connectivity index (χ0n) is 12.4. The van der Waals surface area contributed by atoms with Crippen molar-refractivity contribution in [3.05, 3.63) is 70.8 Å². The van der Waals surface area contributed by atoms with Crippen LogP contribution in [0.3, 0.4) is 0 Å². The van der Waals surface area contributed by atoms with Gasteiger partial charge in [0.15, 0.2) is 0 Å². The summed E-state index contributed by atoms with van der Waals surface area (Å²) in [6.45, 7) is 17.0. The van der Waals surface area contributed by atoms with Gasteiger partial charge in [-0.25, -0.2) is 0 Å². The highest BCUT2D eigenvalue weighted by atomic mass is 14.2. The first-order chi connectivity index (χ1) is 8.91. The molecule has 0 saturated heterocycles. The number of benzene rings is 1. The van der Waals surface area contributed by atoms with Crippen LogP contribution in [-0.4, -0.2) is 0 Å². The molecule has 0 aromatic heterocycles. The number of allylic oxidation sites excluding steroid dienone is 6. The molecule has 1 aromatic rings. The van der Waals surface area contributed by atoms with Crippen LogP contribution >= 0.6 is 0 Å². The van der Waals surface area contributed by atoms with Crippen molar-refractivity contribution >= 4 is 11.1 Å². The molecule has 19 heavy (non-hydrogen) atoms. The van der Waals surface area contributed by atoms with Crippen LogP contribution in [0.25, 0.3) is 11.1 Å². The summed E-state index contributed by atoms with van der Waals surface area (Å²) in [7, 11) is 0. The molecule has 0 heterocycles. The maximum Gasteiger partial charge on any atom is -0.00554 e. The minimum Gasteiger partial charge on any atom is -0.0955 e. The molecule has 0 nitrogen and oxygen atoms in total. The summed E-state index contributed by atoms with van der Waals surface area (Å²) in [6, 6.07) is 8.51. The Hall–Kier alpha value is -1.82. The molecule has 0 N–H and O–H groups in total. The van der Waals surface area contributed by atoms with Crippen LogP contribution in [0.15, 0.2) is 59.7 Å². The Balaban J connectivity index is 2.37. The van der Waals surface area contributed by atoms with Crippen molar-refractivity contribution in [1.82, 2.24) is 0 Å². The van der Waals surface area contributed by atoms with Crippen molar-refractivity contribution in [1.29, 1.82) is 0 Å². The fraction of sp³-hybridized carbons (Fsp3) is 0.263. The largest absolute Gasteiger partial charge is 0.0955 e. The van der Waals surface area contributed by atoms with E-state index in [1.54, 1.807) is 0 Å². The van der Waals surface area contributed by atoms with Gasteiger partial charge in [-0.3, -0.25) is 0 Å². The van der Waals surface area contributed by atoms with Crippen molar-refractivity contribution in [3.8, 4) is 0 Å². The Bertz CT molecular complexity index is 621. The maximum atomic E-state index is 4.31. The smallest absolute Gasteiger partial charge is 0.00554 e. The zero-order valence-corrected chi connectivity index (χ0v) is 12.4. The molecule has 0 fully saturated rings. The zero-order chi connectivity index (χ0) is 14.2. The van der Waals surface area contributed by atoms with E-state index in [9.17, 15) is 0 Å². The summed E-state index contributed by atoms with van der Waals surface area (Å²) in [6.07, 6.45) is 1.04. The molecule has 0 aliphatic heterocycles. The molecule has 0 unspecified atom stereocenters. The highest BCUT2D eigenvalue weighted by Crippen LogP contribution is 2.38. The summed E-state index contributed by atoms with van der Waals surface area (Å²) in [4.78, 5) is 0. The third-order valence-electron chi connectivity index (χ3n) is 4.17. The highest BCUT2D eigenvalue weighted by Gasteiger charge is 2.18. The van der Waals surface area contributed by atoms with E-state index < -0.39 is 0 Å². The van der Waals surface area contributed by atoms with Crippen LogP contribution in [0.2, 0.25) is 0 Å². The van der Waals surface area contributed by atoms with Gasteiger partial charge in [0.1, 0.15) is 0 Å². The van der Waals surface area contributed by atoms with E-state index in [1.807, 2.05) is 6.92 Å². The van der Waals surface area contributed by atoms with Crippen molar-refractivity contribution in [2.24, 2.45) is 0 Å². The Morgan fingerprint density at radius 2 is 1.63 bits per heavy atom. The molecule has 0 saturated carbocycles. The Labute approximate surface area is 116 Å². The highest BCUT2D eigenvalue weighted by molar-refractivity contribution is 5.82. The molecule has 2 rings (SSSR count). The number of hydrogen-bond acceptors (Lipinski definition) is 0. The summed E-state index contributed by atoms with van der Waals surface area (Å²) in [5.41, 5.74) is 10.3. The van der Waals surface area contributed by atoms with E-state index in [4.69, 9.17) is 0 Å². The predicted octanol–water partition coefficient (Wildman–Crippen LogP) is 5.79. The minimum absolute atomic E-state index is 1.04. The third kappa shape index (κ3) is 2.49. The lowest BCUT2D eigenvalue weighted by atomic mass is 9.93. The van der Waals surface area contributed by atoms with Gasteiger partial charge in [0, 0.05) is 0 Å². The number of rotatable bonds is 3. The predicted molar refractivity (Wildman–Crippen MR) is 85.9 cm³/mol. The van der Waals surface area contributed by atoms with Gasteiger partial charge in [-0.1, -0.05) is 42.5 Å². The lowest BCUT2D eigenvalue weighted by Gasteiger charge is -2.11. The summed E-state index contributed by atoms with van der Waals surface area (Å²) in [5.74, 6) is 0. The first kappa shape index (κ1) is 13.6. The minimum atomic E-state index is 1.04. The Morgan fingerprint density at radius 3 is 2.16 bits per heavy atom. The molecule has 98 valence electrons. The monoisotopic (exact) mass is 250 g/mol. The van der Waals surface area contributed by atoms with Crippen molar-refractivity contribution in [2.45, 2.75) is 34.1 Å². The van der Waals surface area contributed by atoms with E-state index >= 15 is 0 Å². The average Bonchev–Trinajstić information content (AvgIpc) is 2.66. The standard InChI is InChI=1S/C19H22/c1-12(2)17-8-7-9-18(11-17)16(6)19-10-13(3)14(4)15(19)5/h7-9,11H,1,6,10H2,2-5H3. The Kier molecular flexibility index (Phi) is 3.61. The summed E-state index contributed by atoms with van der Waals surface area (Å²) < 4.78 is 0. The quantitative estimate of drug-likeness (QED) is 0.637. The lowest BCUT2D eigenvalue weighted by Crippen LogP contribution is -1.91. The van der Waals surface area contributed by atoms with Crippen LogP contribution in [-0.2, 0) is 0 Å². The molecule has 0 spiro atoms. The first-order valence-electron chi connectivity index (χ1n) is 6.74. The molecule has 1 aliphatic carbocycles. The van der Waals surface area contributed by atoms with Gasteiger partial charge in [0.2, 0.25) is 0 Å². The van der Waals surface area contributed by atoms with E-state index in [-0.39, 0.29) is 0 Å². The van der Waals surface area contributed by atoms with Crippen molar-refractivity contribution < 1.29 is 0 Å². The lowest BCUT2D eigenvalue weighted by molar-refractivity contribution is 1.18. The maximum absolute atomic E-state index is 4.31. The van der Waals surface area contributed by atoms with Gasteiger partial charge in [0.05, 0.1) is 0 Å². The molecule has 1 aromatic carbocycles. The molecule has 0 radical (unpaired) electrons. The van der Waals surface area contributed by atoms with E-state index in [0.29, 0.717) is 0 Å². The van der Waals surface area contributed by atoms with Gasteiger partial charge in [0.25, 0.3) is 0 Å². The second-order valence-electron chi connectivity index (χ2n) is 5.53. The van der Waals surface area contributed by atoms with Crippen molar-refractivity contribution in [3.63, 3.8) is 0 Å². The number of hydrogen-bond donors (Lipinski definition) is 0. The van der Waals surface area contributed by atoms with E-state index in [0.717, 1.165) is 17.6 Å². The van der Waals surface area contributed by atoms with Crippen molar-refractivity contribution in [2.75, 3.05) is 0 Å². The van der Waals surface area contributed by atoms with E-state index in [2.05, 4.69) is 58.2 Å². The van der Waals surface area contributed by atoms with Crippen LogP contribution in [0.5, 0.6) is 0 Å². The summed E-state index contributed by atoms with van der Waals surface area (Å²) >= 11 is 0. The second-order valence-corrected chi connectivity index (χ2v) is 5.53. The molecule has 0 heteroatoms. The van der Waals surface area contributed by atoms with Gasteiger partial charge < -0.3 is 0 Å². The average molecular weight is 250 g/mol. The SMILES string of the molecule is C=C(C)c1cccc(C(=C)C2=C(C)C(C)=C(C)C2)c1. The third-order valence-corrected chi connectivity index (χ3v) is 4.17. The Morgan fingerprint density at radius 1 is 1.00 bits per heavy atom. The van der Waals surface area contributed by atoms with Gasteiger partial charge in [-0.2, -0.15) is 0 Å². The molecular formula is C19H22. The topological polar surface area (TPSA) is 0 Å². The molecule has 0 bridgehead atoms. The summed E-state index contributed by atoms with van der Waals surface area (Å²) in [5, 5.41) is 0. The molecule has 0 atom stereocenters. The fourth-order valence-electron chi connectivity index (χ4n) is 2.56. The second kappa shape index (κ2) is 5.05. The van der Waals surface area contributed by atoms with Crippen LogP contribution in [0.4, 0.5) is 0 Å². The normalized spacial score (nSPS) is 15.2.